The number of aromatic amines is 1. The molecule has 15 heavy (non-hydrogen) atoms. The van der Waals surface area contributed by atoms with Gasteiger partial charge in [0.25, 0.3) is 5.56 Å². The number of hydrogen-bond acceptors (Lipinski definition) is 1. The van der Waals surface area contributed by atoms with Crippen LogP contribution < -0.4 is 5.56 Å². The Kier molecular flexibility index (Phi) is 2.19. The summed E-state index contributed by atoms with van der Waals surface area (Å²) in [4.78, 5) is 11.7. The first-order chi connectivity index (χ1) is 7.11. The maximum absolute atomic E-state index is 13.5. The molecule has 0 amide bonds. The van der Waals surface area contributed by atoms with Crippen LogP contribution in [0.1, 0.15) is 5.69 Å². The van der Waals surface area contributed by atoms with Crippen LogP contribution in [0.3, 0.4) is 0 Å². The third-order valence-electron chi connectivity index (χ3n) is 2.37. The fraction of sp³-hybridized carbons (Fsp3) is 0.182. The van der Waals surface area contributed by atoms with Gasteiger partial charge in [0, 0.05) is 18.3 Å². The highest BCUT2D eigenvalue weighted by atomic mass is 19.1. The van der Waals surface area contributed by atoms with E-state index in [4.69, 9.17) is 0 Å². The quantitative estimate of drug-likeness (QED) is 0.759. The van der Waals surface area contributed by atoms with Gasteiger partial charge < -0.3 is 0 Å². The van der Waals surface area contributed by atoms with Gasteiger partial charge >= 0.3 is 0 Å². The highest BCUT2D eigenvalue weighted by molar-refractivity contribution is 5.65. The number of nitrogens with zero attached hydrogens (tertiary/aromatic N) is 1. The first-order valence-corrected chi connectivity index (χ1v) is 4.61. The SMILES string of the molecule is Cc1[nH]n(C)c(=O)c1-c1ccccc1F. The van der Waals surface area contributed by atoms with E-state index in [0.717, 1.165) is 0 Å². The van der Waals surface area contributed by atoms with E-state index in [1.807, 2.05) is 0 Å². The van der Waals surface area contributed by atoms with Crippen LogP contribution >= 0.6 is 0 Å². The molecule has 0 saturated carbocycles. The van der Waals surface area contributed by atoms with Crippen LogP contribution in [0, 0.1) is 12.7 Å². The second-order valence-corrected chi connectivity index (χ2v) is 3.46. The Morgan fingerprint density at radius 2 is 2.00 bits per heavy atom. The van der Waals surface area contributed by atoms with Crippen molar-refractivity contribution in [1.82, 2.24) is 9.78 Å². The standard InChI is InChI=1S/C11H11FN2O/c1-7-10(11(15)14(2)13-7)8-5-3-4-6-9(8)12/h3-6,13H,1-2H3. The van der Waals surface area contributed by atoms with Gasteiger partial charge in [0.15, 0.2) is 0 Å². The van der Waals surface area contributed by atoms with Gasteiger partial charge in [0.2, 0.25) is 0 Å². The van der Waals surface area contributed by atoms with Gasteiger partial charge in [-0.3, -0.25) is 14.6 Å². The van der Waals surface area contributed by atoms with Crippen LogP contribution in [0.2, 0.25) is 0 Å². The van der Waals surface area contributed by atoms with Crippen molar-refractivity contribution < 1.29 is 4.39 Å². The maximum Gasteiger partial charge on any atom is 0.274 e. The van der Waals surface area contributed by atoms with Crippen molar-refractivity contribution in [2.45, 2.75) is 6.92 Å². The Bertz CT molecular complexity index is 554. The van der Waals surface area contributed by atoms with E-state index >= 15 is 0 Å². The molecule has 0 aliphatic carbocycles. The number of aryl methyl sites for hydroxylation is 2. The number of halogens is 1. The highest BCUT2D eigenvalue weighted by Crippen LogP contribution is 2.21. The molecule has 0 bridgehead atoms. The molecule has 1 aromatic carbocycles. The second-order valence-electron chi connectivity index (χ2n) is 3.46. The third kappa shape index (κ3) is 1.48. The van der Waals surface area contributed by atoms with Crippen molar-refractivity contribution in [2.24, 2.45) is 7.05 Å². The Morgan fingerprint density at radius 3 is 2.53 bits per heavy atom. The average Bonchev–Trinajstić information content (AvgIpc) is 2.43. The van der Waals surface area contributed by atoms with Gasteiger partial charge in [-0.1, -0.05) is 18.2 Å². The lowest BCUT2D eigenvalue weighted by Crippen LogP contribution is -2.13. The smallest absolute Gasteiger partial charge is 0.274 e. The summed E-state index contributed by atoms with van der Waals surface area (Å²) in [6, 6.07) is 6.27. The number of hydrogen-bond donors (Lipinski definition) is 1. The zero-order valence-electron chi connectivity index (χ0n) is 8.54. The van der Waals surface area contributed by atoms with E-state index in [0.29, 0.717) is 16.8 Å². The van der Waals surface area contributed by atoms with Crippen LogP contribution in [0.4, 0.5) is 4.39 Å². The second kappa shape index (κ2) is 3.38. The van der Waals surface area contributed by atoms with E-state index in [9.17, 15) is 9.18 Å². The monoisotopic (exact) mass is 206 g/mol. The third-order valence-corrected chi connectivity index (χ3v) is 2.37. The minimum atomic E-state index is -0.377. The molecule has 0 unspecified atom stereocenters. The molecule has 1 N–H and O–H groups in total. The fourth-order valence-electron chi connectivity index (χ4n) is 1.67. The van der Waals surface area contributed by atoms with Crippen molar-refractivity contribution >= 4 is 0 Å². The average molecular weight is 206 g/mol. The van der Waals surface area contributed by atoms with Gasteiger partial charge in [0.1, 0.15) is 5.82 Å². The minimum Gasteiger partial charge on any atom is -0.300 e. The van der Waals surface area contributed by atoms with Crippen LogP contribution in [0.25, 0.3) is 11.1 Å². The number of benzene rings is 1. The lowest BCUT2D eigenvalue weighted by Gasteiger charge is -1.99. The Labute approximate surface area is 86.2 Å². The molecule has 0 atom stereocenters. The molecular weight excluding hydrogens is 195 g/mol. The topological polar surface area (TPSA) is 37.8 Å². The normalized spacial score (nSPS) is 10.6. The van der Waals surface area contributed by atoms with Crippen molar-refractivity contribution in [2.75, 3.05) is 0 Å². The molecule has 0 saturated heterocycles. The molecule has 0 spiro atoms. The van der Waals surface area contributed by atoms with Crippen LogP contribution in [-0.2, 0) is 7.05 Å². The van der Waals surface area contributed by atoms with E-state index in [1.165, 1.54) is 10.7 Å². The molecule has 4 heteroatoms. The molecule has 0 fully saturated rings. The lowest BCUT2D eigenvalue weighted by molar-refractivity contribution is 0.631. The fourth-order valence-corrected chi connectivity index (χ4v) is 1.67. The van der Waals surface area contributed by atoms with E-state index in [-0.39, 0.29) is 11.4 Å². The van der Waals surface area contributed by atoms with Crippen molar-refractivity contribution in [1.29, 1.82) is 0 Å². The van der Waals surface area contributed by atoms with Crippen molar-refractivity contribution in [3.05, 3.63) is 46.1 Å². The van der Waals surface area contributed by atoms with E-state index in [1.54, 1.807) is 32.2 Å². The molecule has 78 valence electrons. The minimum absolute atomic E-state index is 0.211. The summed E-state index contributed by atoms with van der Waals surface area (Å²) in [6.45, 7) is 1.75. The highest BCUT2D eigenvalue weighted by Gasteiger charge is 2.14. The summed E-state index contributed by atoms with van der Waals surface area (Å²) >= 11 is 0. The molecule has 1 aromatic heterocycles. The lowest BCUT2D eigenvalue weighted by atomic mass is 10.1. The molecule has 0 radical (unpaired) electrons. The Hall–Kier alpha value is -1.84. The summed E-state index contributed by atoms with van der Waals surface area (Å²) in [5.41, 5.74) is 1.21. The molecule has 0 aliphatic rings. The van der Waals surface area contributed by atoms with Crippen LogP contribution in [0.15, 0.2) is 29.1 Å². The van der Waals surface area contributed by atoms with Gasteiger partial charge in [0.05, 0.1) is 5.56 Å². The van der Waals surface area contributed by atoms with Crippen LogP contribution in [-0.4, -0.2) is 9.78 Å². The van der Waals surface area contributed by atoms with E-state index in [2.05, 4.69) is 5.10 Å². The van der Waals surface area contributed by atoms with Crippen LogP contribution in [0.5, 0.6) is 0 Å². The predicted octanol–water partition coefficient (Wildman–Crippen LogP) is 1.83. The number of H-pyrrole nitrogens is 1. The van der Waals surface area contributed by atoms with Crippen molar-refractivity contribution in [3.8, 4) is 11.1 Å². The molecule has 2 rings (SSSR count). The van der Waals surface area contributed by atoms with Gasteiger partial charge in [-0.2, -0.15) is 0 Å². The largest absolute Gasteiger partial charge is 0.300 e. The number of nitrogens with one attached hydrogen (secondary N) is 1. The van der Waals surface area contributed by atoms with E-state index < -0.39 is 0 Å². The number of rotatable bonds is 1. The maximum atomic E-state index is 13.5. The van der Waals surface area contributed by atoms with Gasteiger partial charge in [-0.05, 0) is 13.0 Å². The predicted molar refractivity (Wildman–Crippen MR) is 56.2 cm³/mol. The summed E-state index contributed by atoms with van der Waals surface area (Å²) < 4.78 is 14.8. The first-order valence-electron chi connectivity index (χ1n) is 4.61. The molecule has 0 aliphatic heterocycles. The first kappa shape index (κ1) is 9.71. The summed E-state index contributed by atoms with van der Waals surface area (Å²) in [7, 11) is 1.61. The number of aromatic nitrogens is 2. The summed E-state index contributed by atoms with van der Waals surface area (Å²) in [6.07, 6.45) is 0. The van der Waals surface area contributed by atoms with Crippen molar-refractivity contribution in [3.63, 3.8) is 0 Å². The molecule has 2 aromatic rings. The molecule has 3 nitrogen and oxygen atoms in total. The molecular formula is C11H11FN2O. The Balaban J connectivity index is 2.75. The molecule has 1 heterocycles. The summed E-state index contributed by atoms with van der Waals surface area (Å²) in [5, 5.41) is 2.84. The Morgan fingerprint density at radius 1 is 1.33 bits per heavy atom. The van der Waals surface area contributed by atoms with Gasteiger partial charge in [-0.25, -0.2) is 4.39 Å². The zero-order chi connectivity index (χ0) is 11.0. The van der Waals surface area contributed by atoms with Gasteiger partial charge in [-0.15, -0.1) is 0 Å². The zero-order valence-corrected chi connectivity index (χ0v) is 8.54. The summed E-state index contributed by atoms with van der Waals surface area (Å²) in [5.74, 6) is -0.377.